The minimum absolute atomic E-state index is 0.0149. The van der Waals surface area contributed by atoms with Gasteiger partial charge in [0.25, 0.3) is 0 Å². The number of carboxylic acid groups (broad SMARTS) is 1. The van der Waals surface area contributed by atoms with Crippen molar-refractivity contribution in [3.05, 3.63) is 36.2 Å². The minimum Gasteiger partial charge on any atom is -0.481 e. The molecule has 1 aliphatic rings. The predicted molar refractivity (Wildman–Crippen MR) is 79.4 cm³/mol. The second-order valence-corrected chi connectivity index (χ2v) is 5.34. The van der Waals surface area contributed by atoms with Crippen molar-refractivity contribution in [2.45, 2.75) is 25.7 Å². The minimum atomic E-state index is -0.769. The molecule has 1 saturated heterocycles. The molecule has 2 heterocycles. The monoisotopic (exact) mass is 288 g/mol. The van der Waals surface area contributed by atoms with Crippen molar-refractivity contribution in [1.29, 1.82) is 0 Å². The first-order valence-corrected chi connectivity index (χ1v) is 7.24. The maximum atomic E-state index is 12.2. The molecule has 1 unspecified atom stereocenters. The fourth-order valence-electron chi connectivity index (χ4n) is 2.58. The first-order chi connectivity index (χ1) is 10.1. The lowest BCUT2D eigenvalue weighted by atomic mass is 9.93. The molecule has 0 radical (unpaired) electrons. The SMILES string of the molecule is O=C(O)CCC1CCCN(C(=O)/C=C/c2cccnc2)C1. The van der Waals surface area contributed by atoms with Crippen LogP contribution in [-0.4, -0.2) is 40.0 Å². The van der Waals surface area contributed by atoms with Gasteiger partial charge in [-0.05, 0) is 42.9 Å². The van der Waals surface area contributed by atoms with E-state index < -0.39 is 5.97 Å². The van der Waals surface area contributed by atoms with Crippen molar-refractivity contribution in [2.24, 2.45) is 5.92 Å². The lowest BCUT2D eigenvalue weighted by Gasteiger charge is -2.32. The van der Waals surface area contributed by atoms with Crippen LogP contribution in [0.2, 0.25) is 0 Å². The third kappa shape index (κ3) is 5.02. The molecule has 0 bridgehead atoms. The number of aliphatic carboxylic acids is 1. The van der Waals surface area contributed by atoms with Gasteiger partial charge >= 0.3 is 5.97 Å². The van der Waals surface area contributed by atoms with E-state index in [2.05, 4.69) is 4.98 Å². The average molecular weight is 288 g/mol. The summed E-state index contributed by atoms with van der Waals surface area (Å²) < 4.78 is 0. The van der Waals surface area contributed by atoms with Gasteiger partial charge in [-0.15, -0.1) is 0 Å². The normalized spacial score (nSPS) is 18.9. The van der Waals surface area contributed by atoms with E-state index in [4.69, 9.17) is 5.11 Å². The van der Waals surface area contributed by atoms with E-state index in [0.29, 0.717) is 18.9 Å². The number of carboxylic acids is 1. The zero-order valence-corrected chi connectivity index (χ0v) is 11.9. The second kappa shape index (κ2) is 7.57. The Morgan fingerprint density at radius 1 is 1.48 bits per heavy atom. The van der Waals surface area contributed by atoms with E-state index in [9.17, 15) is 9.59 Å². The van der Waals surface area contributed by atoms with Crippen LogP contribution in [-0.2, 0) is 9.59 Å². The van der Waals surface area contributed by atoms with Gasteiger partial charge < -0.3 is 10.0 Å². The van der Waals surface area contributed by atoms with Crippen molar-refractivity contribution in [3.8, 4) is 0 Å². The summed E-state index contributed by atoms with van der Waals surface area (Å²) in [5.41, 5.74) is 0.894. The summed E-state index contributed by atoms with van der Waals surface area (Å²) in [4.78, 5) is 28.6. The van der Waals surface area contributed by atoms with Crippen LogP contribution in [0, 0.1) is 5.92 Å². The van der Waals surface area contributed by atoms with Crippen molar-refractivity contribution < 1.29 is 14.7 Å². The highest BCUT2D eigenvalue weighted by molar-refractivity contribution is 5.91. The van der Waals surface area contributed by atoms with E-state index in [1.807, 2.05) is 17.0 Å². The average Bonchev–Trinajstić information content (AvgIpc) is 2.52. The Morgan fingerprint density at radius 3 is 3.05 bits per heavy atom. The highest BCUT2D eigenvalue weighted by atomic mass is 16.4. The van der Waals surface area contributed by atoms with Crippen molar-refractivity contribution in [3.63, 3.8) is 0 Å². The molecule has 5 heteroatoms. The Labute approximate surface area is 124 Å². The molecule has 1 atom stereocenters. The number of amides is 1. The maximum Gasteiger partial charge on any atom is 0.303 e. The molecule has 0 spiro atoms. The highest BCUT2D eigenvalue weighted by Crippen LogP contribution is 2.21. The molecular formula is C16H20N2O3. The zero-order chi connectivity index (χ0) is 15.1. The lowest BCUT2D eigenvalue weighted by Crippen LogP contribution is -2.39. The Kier molecular flexibility index (Phi) is 5.49. The van der Waals surface area contributed by atoms with E-state index in [1.54, 1.807) is 24.5 Å². The maximum absolute atomic E-state index is 12.2. The number of piperidine rings is 1. The van der Waals surface area contributed by atoms with Gasteiger partial charge in [-0.25, -0.2) is 0 Å². The van der Waals surface area contributed by atoms with Crippen LogP contribution in [0.1, 0.15) is 31.2 Å². The van der Waals surface area contributed by atoms with E-state index >= 15 is 0 Å². The van der Waals surface area contributed by atoms with Crippen molar-refractivity contribution in [1.82, 2.24) is 9.88 Å². The lowest BCUT2D eigenvalue weighted by molar-refractivity contribution is -0.137. The molecule has 1 aromatic rings. The summed E-state index contributed by atoms with van der Waals surface area (Å²) in [5, 5.41) is 8.73. The molecule has 1 amide bonds. The Bertz CT molecular complexity index is 514. The number of carbonyl (C=O) groups excluding carboxylic acids is 1. The summed E-state index contributed by atoms with van der Waals surface area (Å²) >= 11 is 0. The van der Waals surface area contributed by atoms with Crippen molar-refractivity contribution >= 4 is 18.0 Å². The summed E-state index contributed by atoms with van der Waals surface area (Å²) in [6.07, 6.45) is 9.49. The van der Waals surface area contributed by atoms with Crippen LogP contribution in [0.25, 0.3) is 6.08 Å². The van der Waals surface area contributed by atoms with E-state index in [0.717, 1.165) is 24.9 Å². The van der Waals surface area contributed by atoms with E-state index in [1.165, 1.54) is 0 Å². The Morgan fingerprint density at radius 2 is 2.33 bits per heavy atom. The summed E-state index contributed by atoms with van der Waals surface area (Å²) in [7, 11) is 0. The van der Waals surface area contributed by atoms with Gasteiger partial charge in [0.2, 0.25) is 5.91 Å². The molecular weight excluding hydrogens is 268 g/mol. The fraction of sp³-hybridized carbons (Fsp3) is 0.438. The molecule has 2 rings (SSSR count). The number of nitrogens with zero attached hydrogens (tertiary/aromatic N) is 2. The van der Waals surface area contributed by atoms with Gasteiger partial charge in [0, 0.05) is 38.0 Å². The third-order valence-electron chi connectivity index (χ3n) is 3.70. The summed E-state index contributed by atoms with van der Waals surface area (Å²) in [6.45, 7) is 1.41. The van der Waals surface area contributed by atoms with Crippen molar-refractivity contribution in [2.75, 3.05) is 13.1 Å². The molecule has 0 saturated carbocycles. The molecule has 1 fully saturated rings. The van der Waals surface area contributed by atoms with Crippen LogP contribution >= 0.6 is 0 Å². The Balaban J connectivity index is 1.87. The Hall–Kier alpha value is -2.17. The van der Waals surface area contributed by atoms with E-state index in [-0.39, 0.29) is 12.3 Å². The van der Waals surface area contributed by atoms with Gasteiger partial charge in [0.15, 0.2) is 0 Å². The standard InChI is InChI=1S/C16H20N2O3/c19-15(7-5-13-3-1-9-17-11-13)18-10-2-4-14(12-18)6-8-16(20)21/h1,3,5,7,9,11,14H,2,4,6,8,10,12H2,(H,20,21)/b7-5+. The molecule has 0 aromatic carbocycles. The zero-order valence-electron chi connectivity index (χ0n) is 11.9. The van der Waals surface area contributed by atoms with Crippen LogP contribution in [0.15, 0.2) is 30.6 Å². The van der Waals surface area contributed by atoms with Crippen LogP contribution in [0.5, 0.6) is 0 Å². The number of hydrogen-bond acceptors (Lipinski definition) is 3. The van der Waals surface area contributed by atoms with Crippen LogP contribution in [0.4, 0.5) is 0 Å². The molecule has 112 valence electrons. The third-order valence-corrected chi connectivity index (χ3v) is 3.70. The van der Waals surface area contributed by atoms with Gasteiger partial charge in [-0.3, -0.25) is 14.6 Å². The molecule has 1 aromatic heterocycles. The number of pyridine rings is 1. The first kappa shape index (κ1) is 15.2. The summed E-state index contributed by atoms with van der Waals surface area (Å²) in [5.74, 6) is -0.487. The molecule has 21 heavy (non-hydrogen) atoms. The predicted octanol–water partition coefficient (Wildman–Crippen LogP) is 2.20. The largest absolute Gasteiger partial charge is 0.481 e. The smallest absolute Gasteiger partial charge is 0.303 e. The topological polar surface area (TPSA) is 70.5 Å². The summed E-state index contributed by atoms with van der Waals surface area (Å²) in [6, 6.07) is 3.72. The molecule has 0 aliphatic carbocycles. The van der Waals surface area contributed by atoms with Gasteiger partial charge in [-0.1, -0.05) is 6.07 Å². The molecule has 1 aliphatic heterocycles. The number of aromatic nitrogens is 1. The van der Waals surface area contributed by atoms with Gasteiger partial charge in [0.1, 0.15) is 0 Å². The van der Waals surface area contributed by atoms with Crippen LogP contribution in [0.3, 0.4) is 0 Å². The van der Waals surface area contributed by atoms with Gasteiger partial charge in [0.05, 0.1) is 0 Å². The number of carbonyl (C=O) groups is 2. The van der Waals surface area contributed by atoms with Gasteiger partial charge in [-0.2, -0.15) is 0 Å². The second-order valence-electron chi connectivity index (χ2n) is 5.34. The van der Waals surface area contributed by atoms with Crippen LogP contribution < -0.4 is 0 Å². The molecule has 5 nitrogen and oxygen atoms in total. The number of hydrogen-bond donors (Lipinski definition) is 1. The first-order valence-electron chi connectivity index (χ1n) is 7.24. The number of rotatable bonds is 5. The molecule has 1 N–H and O–H groups in total. The quantitative estimate of drug-likeness (QED) is 0.843. The highest BCUT2D eigenvalue weighted by Gasteiger charge is 2.22. The number of likely N-dealkylation sites (tertiary alicyclic amines) is 1. The fourth-order valence-corrected chi connectivity index (χ4v) is 2.58.